The molecule has 1 rings (SSSR count). The zero-order valence-corrected chi connectivity index (χ0v) is 9.74. The summed E-state index contributed by atoms with van der Waals surface area (Å²) in [6.07, 6.45) is 12.6. The molecule has 2 nitrogen and oxygen atoms in total. The van der Waals surface area contributed by atoms with E-state index >= 15 is 0 Å². The molecule has 86 valence electrons. The van der Waals surface area contributed by atoms with Crippen molar-refractivity contribution in [1.29, 1.82) is 0 Å². The molecular weight excluding hydrogens is 186 g/mol. The molecule has 0 spiro atoms. The molecule has 0 aromatic heterocycles. The second kappa shape index (κ2) is 6.87. The lowest BCUT2D eigenvalue weighted by atomic mass is 9.82. The highest BCUT2D eigenvalue weighted by Crippen LogP contribution is 2.29. The minimum Gasteiger partial charge on any atom is -0.377 e. The quantitative estimate of drug-likeness (QED) is 0.705. The Balaban J connectivity index is 2.51. The van der Waals surface area contributed by atoms with Crippen LogP contribution in [0, 0.1) is 18.3 Å². The van der Waals surface area contributed by atoms with E-state index < -0.39 is 0 Å². The van der Waals surface area contributed by atoms with Crippen molar-refractivity contribution in [1.82, 2.24) is 0 Å². The van der Waals surface area contributed by atoms with Crippen LogP contribution in [0.3, 0.4) is 0 Å². The lowest BCUT2D eigenvalue weighted by Gasteiger charge is -2.33. The highest BCUT2D eigenvalue weighted by atomic mass is 16.5. The summed E-state index contributed by atoms with van der Waals surface area (Å²) in [4.78, 5) is 0. The number of ether oxygens (including phenoxy) is 1. The van der Waals surface area contributed by atoms with E-state index in [1.165, 1.54) is 32.1 Å². The molecule has 0 aliphatic heterocycles. The van der Waals surface area contributed by atoms with Gasteiger partial charge < -0.3 is 10.5 Å². The molecule has 15 heavy (non-hydrogen) atoms. The van der Waals surface area contributed by atoms with Crippen molar-refractivity contribution in [3.63, 3.8) is 0 Å². The van der Waals surface area contributed by atoms with Crippen LogP contribution in [0.4, 0.5) is 0 Å². The van der Waals surface area contributed by atoms with Gasteiger partial charge in [0.05, 0.1) is 6.10 Å². The van der Waals surface area contributed by atoms with Crippen LogP contribution in [0.15, 0.2) is 0 Å². The molecule has 2 heteroatoms. The van der Waals surface area contributed by atoms with Crippen LogP contribution in [-0.4, -0.2) is 18.8 Å². The molecule has 1 aliphatic rings. The zero-order valence-electron chi connectivity index (χ0n) is 9.74. The topological polar surface area (TPSA) is 35.2 Å². The van der Waals surface area contributed by atoms with E-state index in [0.717, 1.165) is 6.61 Å². The maximum absolute atomic E-state index is 6.08. The molecule has 1 fully saturated rings. The first kappa shape index (κ1) is 12.5. The fourth-order valence-corrected chi connectivity index (χ4v) is 2.52. The minimum absolute atomic E-state index is 0.0121. The van der Waals surface area contributed by atoms with Crippen LogP contribution >= 0.6 is 0 Å². The Hall–Kier alpha value is -0.520. The van der Waals surface area contributed by atoms with Gasteiger partial charge in [-0.3, -0.25) is 0 Å². The third kappa shape index (κ3) is 3.85. The molecule has 0 aromatic carbocycles. The highest BCUT2D eigenvalue weighted by Gasteiger charge is 2.28. The molecule has 2 N–H and O–H groups in total. The first-order valence-electron chi connectivity index (χ1n) is 6.10. The fourth-order valence-electron chi connectivity index (χ4n) is 2.52. The van der Waals surface area contributed by atoms with Crippen LogP contribution in [0.5, 0.6) is 0 Å². The Morgan fingerprint density at radius 1 is 1.40 bits per heavy atom. The van der Waals surface area contributed by atoms with Crippen molar-refractivity contribution in [2.45, 2.75) is 57.6 Å². The average molecular weight is 209 g/mol. The molecule has 2 atom stereocenters. The van der Waals surface area contributed by atoms with Crippen molar-refractivity contribution >= 4 is 0 Å². The summed E-state index contributed by atoms with van der Waals surface area (Å²) in [7, 11) is 0. The van der Waals surface area contributed by atoms with Crippen molar-refractivity contribution in [3.05, 3.63) is 0 Å². The van der Waals surface area contributed by atoms with Crippen molar-refractivity contribution in [3.8, 4) is 12.3 Å². The third-order valence-corrected chi connectivity index (χ3v) is 3.25. The second-order valence-electron chi connectivity index (χ2n) is 4.39. The summed E-state index contributed by atoms with van der Waals surface area (Å²) in [5.74, 6) is 3.27. The van der Waals surface area contributed by atoms with Gasteiger partial charge in [0.2, 0.25) is 0 Å². The highest BCUT2D eigenvalue weighted by molar-refractivity contribution is 4.93. The molecule has 0 radical (unpaired) electrons. The van der Waals surface area contributed by atoms with Gasteiger partial charge in [0.1, 0.15) is 0 Å². The molecular formula is C13H23NO. The molecule has 1 aliphatic carbocycles. The van der Waals surface area contributed by atoms with E-state index in [9.17, 15) is 0 Å². The van der Waals surface area contributed by atoms with Crippen LogP contribution in [0.2, 0.25) is 0 Å². The van der Waals surface area contributed by atoms with Crippen LogP contribution < -0.4 is 5.73 Å². The van der Waals surface area contributed by atoms with Crippen molar-refractivity contribution in [2.75, 3.05) is 6.61 Å². The lowest BCUT2D eigenvalue weighted by Crippen LogP contribution is -2.42. The molecule has 0 amide bonds. The monoisotopic (exact) mass is 209 g/mol. The number of hydrogen-bond acceptors (Lipinski definition) is 2. The van der Waals surface area contributed by atoms with E-state index in [0.29, 0.717) is 12.3 Å². The van der Waals surface area contributed by atoms with Gasteiger partial charge in [-0.05, 0) is 25.7 Å². The van der Waals surface area contributed by atoms with Crippen LogP contribution in [-0.2, 0) is 4.74 Å². The predicted octanol–water partition coefficient (Wildman–Crippen LogP) is 2.32. The van der Waals surface area contributed by atoms with Gasteiger partial charge in [0.25, 0.3) is 0 Å². The van der Waals surface area contributed by atoms with Gasteiger partial charge in [-0.2, -0.15) is 0 Å². The Morgan fingerprint density at radius 3 is 2.60 bits per heavy atom. The van der Waals surface area contributed by atoms with E-state index in [2.05, 4.69) is 5.92 Å². The minimum atomic E-state index is 0.0121. The third-order valence-electron chi connectivity index (χ3n) is 3.25. The lowest BCUT2D eigenvalue weighted by molar-refractivity contribution is -0.00821. The summed E-state index contributed by atoms with van der Waals surface area (Å²) in [5.41, 5.74) is 6.08. The largest absolute Gasteiger partial charge is 0.377 e. The number of rotatable bonds is 5. The van der Waals surface area contributed by atoms with Crippen molar-refractivity contribution in [2.24, 2.45) is 11.7 Å². The van der Waals surface area contributed by atoms with Gasteiger partial charge >= 0.3 is 0 Å². The van der Waals surface area contributed by atoms with E-state index in [4.69, 9.17) is 16.9 Å². The summed E-state index contributed by atoms with van der Waals surface area (Å²) < 4.78 is 5.78. The SMILES string of the molecule is C#CCC(N)C(OCC)C1CCCCC1. The summed E-state index contributed by atoms with van der Waals surface area (Å²) in [6.45, 7) is 2.76. The van der Waals surface area contributed by atoms with Crippen molar-refractivity contribution < 1.29 is 4.74 Å². The van der Waals surface area contributed by atoms with E-state index in [1.807, 2.05) is 6.92 Å². The van der Waals surface area contributed by atoms with Gasteiger partial charge in [-0.1, -0.05) is 19.3 Å². The normalized spacial score (nSPS) is 21.9. The number of nitrogens with two attached hydrogens (primary N) is 1. The first-order chi connectivity index (χ1) is 7.29. The van der Waals surface area contributed by atoms with Gasteiger partial charge in [0.15, 0.2) is 0 Å². The predicted molar refractivity (Wildman–Crippen MR) is 63.4 cm³/mol. The molecule has 1 saturated carbocycles. The fraction of sp³-hybridized carbons (Fsp3) is 0.846. The van der Waals surface area contributed by atoms with Crippen LogP contribution in [0.1, 0.15) is 45.4 Å². The molecule has 0 heterocycles. The van der Waals surface area contributed by atoms with Gasteiger partial charge in [0, 0.05) is 19.1 Å². The Bertz CT molecular complexity index is 203. The zero-order chi connectivity index (χ0) is 11.1. The van der Waals surface area contributed by atoms with Crippen LogP contribution in [0.25, 0.3) is 0 Å². The van der Waals surface area contributed by atoms with E-state index in [-0.39, 0.29) is 12.1 Å². The Kier molecular flexibility index (Phi) is 5.75. The van der Waals surface area contributed by atoms with E-state index in [1.54, 1.807) is 0 Å². The first-order valence-corrected chi connectivity index (χ1v) is 6.10. The summed E-state index contributed by atoms with van der Waals surface area (Å²) >= 11 is 0. The average Bonchev–Trinajstić information content (AvgIpc) is 2.27. The maximum atomic E-state index is 6.08. The van der Waals surface area contributed by atoms with Gasteiger partial charge in [-0.25, -0.2) is 0 Å². The van der Waals surface area contributed by atoms with Gasteiger partial charge in [-0.15, -0.1) is 12.3 Å². The number of terminal acetylenes is 1. The Morgan fingerprint density at radius 2 is 2.07 bits per heavy atom. The molecule has 0 aromatic rings. The summed E-state index contributed by atoms with van der Waals surface area (Å²) in [6, 6.07) is 0.0121. The summed E-state index contributed by atoms with van der Waals surface area (Å²) in [5, 5.41) is 0. The standard InChI is InChI=1S/C13H23NO/c1-3-8-12(14)13(15-4-2)11-9-6-5-7-10-11/h1,11-13H,4-10,14H2,2H3. The smallest absolute Gasteiger partial charge is 0.0763 e. The molecule has 2 unspecified atom stereocenters. The molecule has 0 saturated heterocycles. The molecule has 0 bridgehead atoms. The number of hydrogen-bond donors (Lipinski definition) is 1. The second-order valence-corrected chi connectivity index (χ2v) is 4.39. The maximum Gasteiger partial charge on any atom is 0.0763 e. The Labute approximate surface area is 93.6 Å².